The Morgan fingerprint density at radius 2 is 0.714 bits per heavy atom. The SMILES string of the molecule is c1ccc2cc3c(cc2c1)CCCCCCCOc1ccc(cc1)OCCCCCCCc1cc2ccccc2cc1-3. The Hall–Kier alpha value is -3.78. The van der Waals surface area contributed by atoms with E-state index >= 15 is 0 Å². The lowest BCUT2D eigenvalue weighted by atomic mass is 9.87. The average molecular weight is 557 g/mol. The van der Waals surface area contributed by atoms with E-state index in [0.29, 0.717) is 0 Å². The van der Waals surface area contributed by atoms with Crippen molar-refractivity contribution in [1.82, 2.24) is 0 Å². The van der Waals surface area contributed by atoms with E-state index in [2.05, 4.69) is 72.8 Å². The molecular weight excluding hydrogens is 512 g/mol. The van der Waals surface area contributed by atoms with E-state index in [0.717, 1.165) is 50.4 Å². The summed E-state index contributed by atoms with van der Waals surface area (Å²) >= 11 is 0. The molecule has 2 nitrogen and oxygen atoms in total. The van der Waals surface area contributed by atoms with Gasteiger partial charge in [0.2, 0.25) is 0 Å². The van der Waals surface area contributed by atoms with Crippen molar-refractivity contribution in [2.24, 2.45) is 0 Å². The Morgan fingerprint density at radius 3 is 1.14 bits per heavy atom. The van der Waals surface area contributed by atoms with Crippen LogP contribution in [0.25, 0.3) is 32.7 Å². The predicted octanol–water partition coefficient (Wildman–Crippen LogP) is 11.1. The van der Waals surface area contributed by atoms with Crippen LogP contribution < -0.4 is 9.47 Å². The second kappa shape index (κ2) is 14.4. The Kier molecular flexibility index (Phi) is 9.72. The van der Waals surface area contributed by atoms with E-state index in [4.69, 9.17) is 9.47 Å². The summed E-state index contributed by atoms with van der Waals surface area (Å²) in [6, 6.07) is 35.7. The molecule has 0 unspecified atom stereocenters. The highest BCUT2D eigenvalue weighted by Crippen LogP contribution is 2.36. The van der Waals surface area contributed by atoms with Crippen LogP contribution in [0, 0.1) is 0 Å². The lowest BCUT2D eigenvalue weighted by molar-refractivity contribution is 0.296. The minimum absolute atomic E-state index is 0.778. The molecule has 42 heavy (non-hydrogen) atoms. The van der Waals surface area contributed by atoms with E-state index in [1.807, 2.05) is 24.3 Å². The maximum absolute atomic E-state index is 5.99. The molecule has 0 aliphatic carbocycles. The standard InChI is InChI=1S/C40H44O2/c1-3-7-19-35-27-31-15-9-11-17-33(31)29-39(35)40-30-34-18-12-10-16-32(34)28-36(40)20-8-4-2-6-14-26-42-38-23-21-37(22-24-38)41-25-13-5-1/h9-12,15-18,21-24,27-30H,1-8,13-14,19-20,25-26H2. The molecule has 0 radical (unpaired) electrons. The fourth-order valence-corrected chi connectivity index (χ4v) is 6.40. The van der Waals surface area contributed by atoms with Crippen LogP contribution >= 0.6 is 0 Å². The van der Waals surface area contributed by atoms with Gasteiger partial charge >= 0.3 is 0 Å². The van der Waals surface area contributed by atoms with Gasteiger partial charge in [-0.2, -0.15) is 0 Å². The second-order valence-electron chi connectivity index (χ2n) is 11.9. The molecule has 216 valence electrons. The first-order chi connectivity index (χ1) is 20.8. The zero-order chi connectivity index (χ0) is 28.4. The first-order valence-electron chi connectivity index (χ1n) is 16.2. The quantitative estimate of drug-likeness (QED) is 0.189. The fourth-order valence-electron chi connectivity index (χ4n) is 6.40. The highest BCUT2D eigenvalue weighted by atomic mass is 16.5. The van der Waals surface area contributed by atoms with E-state index < -0.39 is 0 Å². The minimum Gasteiger partial charge on any atom is -0.494 e. The molecule has 0 saturated carbocycles. The van der Waals surface area contributed by atoms with Crippen molar-refractivity contribution in [2.45, 2.75) is 77.0 Å². The normalized spacial score (nSPS) is 16.1. The van der Waals surface area contributed by atoms with Gasteiger partial charge in [0, 0.05) is 0 Å². The maximum atomic E-state index is 5.99. The number of fused-ring (bicyclic) bond motifs is 18. The molecule has 0 saturated heterocycles. The predicted molar refractivity (Wildman–Crippen MR) is 178 cm³/mol. The van der Waals surface area contributed by atoms with Crippen LogP contribution in [0.15, 0.2) is 97.1 Å². The monoisotopic (exact) mass is 556 g/mol. The number of aryl methyl sites for hydroxylation is 2. The van der Waals surface area contributed by atoms with Gasteiger partial charge in [0.25, 0.3) is 0 Å². The summed E-state index contributed by atoms with van der Waals surface area (Å²) < 4.78 is 12.0. The van der Waals surface area contributed by atoms with Gasteiger partial charge in [0.15, 0.2) is 0 Å². The minimum atomic E-state index is 0.778. The molecule has 5 aromatic carbocycles. The van der Waals surface area contributed by atoms with E-state index in [9.17, 15) is 0 Å². The van der Waals surface area contributed by atoms with Gasteiger partial charge in [-0.1, -0.05) is 99.2 Å². The van der Waals surface area contributed by atoms with Crippen LogP contribution in [-0.2, 0) is 12.8 Å². The van der Waals surface area contributed by atoms with Crippen molar-refractivity contribution in [1.29, 1.82) is 0 Å². The van der Waals surface area contributed by atoms with Crippen LogP contribution in [0.1, 0.15) is 75.3 Å². The third kappa shape index (κ3) is 7.34. The molecule has 5 aromatic rings. The van der Waals surface area contributed by atoms with Crippen LogP contribution in [0.2, 0.25) is 0 Å². The summed E-state index contributed by atoms with van der Waals surface area (Å²) in [6.07, 6.45) is 14.3. The van der Waals surface area contributed by atoms with Crippen LogP contribution in [0.5, 0.6) is 11.5 Å². The molecule has 0 N–H and O–H groups in total. The molecule has 0 atom stereocenters. The van der Waals surface area contributed by atoms with Gasteiger partial charge in [-0.3, -0.25) is 0 Å². The average Bonchev–Trinajstić information content (AvgIpc) is 3.03. The second-order valence-corrected chi connectivity index (χ2v) is 11.9. The first-order valence-corrected chi connectivity index (χ1v) is 16.2. The summed E-state index contributed by atoms with van der Waals surface area (Å²) in [5, 5.41) is 5.36. The maximum Gasteiger partial charge on any atom is 0.119 e. The molecular formula is C40H44O2. The summed E-state index contributed by atoms with van der Waals surface area (Å²) in [6.45, 7) is 1.56. The van der Waals surface area contributed by atoms with Gasteiger partial charge in [-0.15, -0.1) is 0 Å². The Morgan fingerprint density at radius 1 is 0.357 bits per heavy atom. The summed E-state index contributed by atoms with van der Waals surface area (Å²) in [5.41, 5.74) is 5.85. The molecule has 2 bridgehead atoms. The molecule has 2 aliphatic heterocycles. The molecule has 0 aromatic heterocycles. The fraction of sp³-hybridized carbons (Fsp3) is 0.350. The highest BCUT2D eigenvalue weighted by molar-refractivity contribution is 5.94. The number of hydrogen-bond acceptors (Lipinski definition) is 2. The van der Waals surface area contributed by atoms with Crippen molar-refractivity contribution in [3.8, 4) is 22.6 Å². The topological polar surface area (TPSA) is 18.5 Å². The lowest BCUT2D eigenvalue weighted by Crippen LogP contribution is -2.00. The molecule has 0 fully saturated rings. The van der Waals surface area contributed by atoms with E-state index in [1.165, 1.54) is 95.2 Å². The van der Waals surface area contributed by atoms with Gasteiger partial charge in [0.05, 0.1) is 13.2 Å². The summed E-state index contributed by atoms with van der Waals surface area (Å²) in [7, 11) is 0. The summed E-state index contributed by atoms with van der Waals surface area (Å²) in [5.74, 6) is 1.88. The van der Waals surface area contributed by atoms with E-state index in [1.54, 1.807) is 0 Å². The smallest absolute Gasteiger partial charge is 0.119 e. The third-order valence-corrected chi connectivity index (χ3v) is 8.78. The molecule has 2 heterocycles. The van der Waals surface area contributed by atoms with Gasteiger partial charge in [-0.25, -0.2) is 0 Å². The largest absolute Gasteiger partial charge is 0.494 e. The Balaban J connectivity index is 1.25. The zero-order valence-corrected chi connectivity index (χ0v) is 25.0. The number of ether oxygens (including phenoxy) is 2. The van der Waals surface area contributed by atoms with Crippen LogP contribution in [0.4, 0.5) is 0 Å². The molecule has 0 amide bonds. The molecule has 0 spiro atoms. The number of benzene rings is 5. The number of hydrogen-bond donors (Lipinski definition) is 0. The van der Waals surface area contributed by atoms with E-state index in [-0.39, 0.29) is 0 Å². The van der Waals surface area contributed by atoms with Gasteiger partial charge in [0.1, 0.15) is 11.5 Å². The first kappa shape index (κ1) is 28.3. The summed E-state index contributed by atoms with van der Waals surface area (Å²) in [4.78, 5) is 0. The zero-order valence-electron chi connectivity index (χ0n) is 25.0. The van der Waals surface area contributed by atoms with Crippen molar-refractivity contribution in [3.05, 3.63) is 108 Å². The third-order valence-electron chi connectivity index (χ3n) is 8.78. The lowest BCUT2D eigenvalue weighted by Gasteiger charge is -2.17. The van der Waals surface area contributed by atoms with Crippen molar-refractivity contribution < 1.29 is 9.47 Å². The van der Waals surface area contributed by atoms with Gasteiger partial charge in [-0.05, 0) is 119 Å². The molecule has 7 rings (SSSR count). The Labute approximate surface area is 251 Å². The highest BCUT2D eigenvalue weighted by Gasteiger charge is 2.13. The van der Waals surface area contributed by atoms with Crippen molar-refractivity contribution in [3.63, 3.8) is 0 Å². The molecule has 2 heteroatoms. The number of rotatable bonds is 0. The van der Waals surface area contributed by atoms with Crippen LogP contribution in [0.3, 0.4) is 0 Å². The van der Waals surface area contributed by atoms with Crippen LogP contribution in [-0.4, -0.2) is 13.2 Å². The van der Waals surface area contributed by atoms with Gasteiger partial charge < -0.3 is 9.47 Å². The van der Waals surface area contributed by atoms with Crippen molar-refractivity contribution in [2.75, 3.05) is 13.2 Å². The Bertz CT molecular complexity index is 1460. The molecule has 2 aliphatic rings. The van der Waals surface area contributed by atoms with Crippen molar-refractivity contribution >= 4 is 21.5 Å².